The average molecular weight is 443 g/mol. The Morgan fingerprint density at radius 1 is 1.07 bits per heavy atom. The Labute approximate surface area is 177 Å². The molecule has 0 aliphatic heterocycles. The second kappa shape index (κ2) is 8.33. The molecule has 0 spiro atoms. The van der Waals surface area contributed by atoms with E-state index in [2.05, 4.69) is 0 Å². The zero-order valence-electron chi connectivity index (χ0n) is 15.1. The fraction of sp³-hybridized carbons (Fsp3) is 0.263. The molecule has 0 saturated carbocycles. The number of aromatic nitrogens is 1. The van der Waals surface area contributed by atoms with Crippen molar-refractivity contribution in [3.05, 3.63) is 56.5 Å². The molecule has 3 aromatic rings. The molecule has 8 heteroatoms. The minimum atomic E-state index is -0.207. The highest BCUT2D eigenvalue weighted by Gasteiger charge is 2.24. The summed E-state index contributed by atoms with van der Waals surface area (Å²) < 4.78 is 0.944. The van der Waals surface area contributed by atoms with E-state index in [1.54, 1.807) is 23.1 Å². The highest BCUT2D eigenvalue weighted by molar-refractivity contribution is 7.22. The lowest BCUT2D eigenvalue weighted by Gasteiger charge is -2.22. The van der Waals surface area contributed by atoms with Crippen LogP contribution in [0.5, 0.6) is 0 Å². The van der Waals surface area contributed by atoms with Gasteiger partial charge < -0.3 is 4.90 Å². The maximum absolute atomic E-state index is 13.2. The fourth-order valence-corrected chi connectivity index (χ4v) is 4.58. The van der Waals surface area contributed by atoms with Crippen LogP contribution >= 0.6 is 46.1 Å². The van der Waals surface area contributed by atoms with E-state index in [0.717, 1.165) is 15.8 Å². The van der Waals surface area contributed by atoms with Crippen molar-refractivity contribution in [2.24, 2.45) is 0 Å². The van der Waals surface area contributed by atoms with Crippen molar-refractivity contribution in [1.29, 1.82) is 0 Å². The molecule has 1 amide bonds. The molecule has 1 aromatic heterocycles. The van der Waals surface area contributed by atoms with Crippen LogP contribution < -0.4 is 4.90 Å². The summed E-state index contributed by atoms with van der Waals surface area (Å²) in [5.41, 5.74) is 2.22. The van der Waals surface area contributed by atoms with Crippen LogP contribution in [0.1, 0.15) is 15.9 Å². The third-order valence-electron chi connectivity index (χ3n) is 4.05. The molecule has 0 N–H and O–H groups in total. The number of hydrogen-bond donors (Lipinski definition) is 0. The molecule has 0 aliphatic rings. The van der Waals surface area contributed by atoms with Crippen LogP contribution in [0, 0.1) is 6.92 Å². The van der Waals surface area contributed by atoms with Gasteiger partial charge in [-0.15, -0.1) is 0 Å². The summed E-state index contributed by atoms with van der Waals surface area (Å²) in [5.74, 6) is -0.207. The number of anilines is 1. The van der Waals surface area contributed by atoms with E-state index in [1.165, 1.54) is 11.3 Å². The first kappa shape index (κ1) is 20.4. The van der Waals surface area contributed by atoms with Gasteiger partial charge in [-0.05, 0) is 56.9 Å². The minimum absolute atomic E-state index is 0.207. The summed E-state index contributed by atoms with van der Waals surface area (Å²) in [6.45, 7) is 3.13. The summed E-state index contributed by atoms with van der Waals surface area (Å²) in [7, 11) is 3.92. The molecule has 0 aliphatic carbocycles. The van der Waals surface area contributed by atoms with Gasteiger partial charge in [-0.25, -0.2) is 4.98 Å². The van der Waals surface area contributed by atoms with Gasteiger partial charge in [0.05, 0.1) is 20.8 Å². The first-order chi connectivity index (χ1) is 12.8. The summed E-state index contributed by atoms with van der Waals surface area (Å²) >= 11 is 19.8. The SMILES string of the molecule is Cc1cc(Cl)cc2sc(N(CCN(C)C)C(=O)c3ccc(Cl)cc3Cl)nc12. The smallest absolute Gasteiger partial charge is 0.261 e. The number of carbonyl (C=O) groups excluding carboxylic acids is 1. The zero-order valence-corrected chi connectivity index (χ0v) is 18.2. The number of nitrogens with zero attached hydrogens (tertiary/aromatic N) is 3. The van der Waals surface area contributed by atoms with Crippen LogP contribution in [0.3, 0.4) is 0 Å². The van der Waals surface area contributed by atoms with E-state index >= 15 is 0 Å². The Morgan fingerprint density at radius 3 is 2.48 bits per heavy atom. The average Bonchev–Trinajstić information content (AvgIpc) is 2.98. The van der Waals surface area contributed by atoms with Crippen molar-refractivity contribution in [2.75, 3.05) is 32.1 Å². The monoisotopic (exact) mass is 441 g/mol. The van der Waals surface area contributed by atoms with Crippen molar-refractivity contribution in [1.82, 2.24) is 9.88 Å². The van der Waals surface area contributed by atoms with Crippen molar-refractivity contribution in [3.63, 3.8) is 0 Å². The number of fused-ring (bicyclic) bond motifs is 1. The number of carbonyl (C=O) groups is 1. The van der Waals surface area contributed by atoms with Crippen LogP contribution in [0.15, 0.2) is 30.3 Å². The molecule has 0 bridgehead atoms. The molecule has 2 aromatic carbocycles. The van der Waals surface area contributed by atoms with E-state index in [0.29, 0.717) is 38.9 Å². The number of amides is 1. The molecular formula is C19H18Cl3N3OS. The van der Waals surface area contributed by atoms with Gasteiger partial charge in [0, 0.05) is 23.1 Å². The van der Waals surface area contributed by atoms with E-state index < -0.39 is 0 Å². The number of aryl methyl sites for hydroxylation is 1. The molecule has 27 heavy (non-hydrogen) atoms. The minimum Gasteiger partial charge on any atom is -0.308 e. The predicted octanol–water partition coefficient (Wildman–Crippen LogP) is 5.77. The number of benzene rings is 2. The van der Waals surface area contributed by atoms with Crippen molar-refractivity contribution in [2.45, 2.75) is 6.92 Å². The molecule has 0 atom stereocenters. The lowest BCUT2D eigenvalue weighted by atomic mass is 10.2. The molecule has 0 radical (unpaired) electrons. The summed E-state index contributed by atoms with van der Waals surface area (Å²) in [5, 5.41) is 2.08. The lowest BCUT2D eigenvalue weighted by molar-refractivity contribution is 0.0985. The van der Waals surface area contributed by atoms with Crippen molar-refractivity contribution < 1.29 is 4.79 Å². The van der Waals surface area contributed by atoms with Gasteiger partial charge in [-0.3, -0.25) is 9.69 Å². The standard InChI is InChI=1S/C19H18Cl3N3OS/c1-11-8-13(21)10-16-17(11)23-19(27-16)25(7-6-24(2)3)18(26)14-5-4-12(20)9-15(14)22/h4-5,8-10H,6-7H2,1-3H3. The molecule has 1 heterocycles. The molecular weight excluding hydrogens is 425 g/mol. The molecule has 3 rings (SSSR count). The van der Waals surface area contributed by atoms with Gasteiger partial charge >= 0.3 is 0 Å². The lowest BCUT2D eigenvalue weighted by Crippen LogP contribution is -2.36. The number of halogens is 3. The Hall–Kier alpha value is -1.37. The third-order valence-corrected chi connectivity index (χ3v) is 5.84. The summed E-state index contributed by atoms with van der Waals surface area (Å²) in [6, 6.07) is 8.62. The van der Waals surface area contributed by atoms with Gasteiger partial charge in [0.15, 0.2) is 5.13 Å². The van der Waals surface area contributed by atoms with Gasteiger partial charge in [0.25, 0.3) is 5.91 Å². The van der Waals surface area contributed by atoms with Gasteiger partial charge in [-0.1, -0.05) is 46.1 Å². The second-order valence-electron chi connectivity index (χ2n) is 6.45. The molecule has 0 fully saturated rings. The maximum Gasteiger partial charge on any atom is 0.261 e. The Kier molecular flexibility index (Phi) is 6.28. The van der Waals surface area contributed by atoms with Crippen LogP contribution in [0.4, 0.5) is 5.13 Å². The second-order valence-corrected chi connectivity index (χ2v) is 8.74. The Bertz CT molecular complexity index is 1000. The van der Waals surface area contributed by atoms with Gasteiger partial charge in [0.2, 0.25) is 0 Å². The summed E-state index contributed by atoms with van der Waals surface area (Å²) in [4.78, 5) is 21.6. The first-order valence-electron chi connectivity index (χ1n) is 8.24. The summed E-state index contributed by atoms with van der Waals surface area (Å²) in [6.07, 6.45) is 0. The number of rotatable bonds is 5. The highest BCUT2D eigenvalue weighted by atomic mass is 35.5. The maximum atomic E-state index is 13.2. The van der Waals surface area contributed by atoms with E-state index in [-0.39, 0.29) is 5.91 Å². The molecule has 0 saturated heterocycles. The largest absolute Gasteiger partial charge is 0.308 e. The molecule has 0 unspecified atom stereocenters. The number of thiazole rings is 1. The zero-order chi connectivity index (χ0) is 19.7. The first-order valence-corrected chi connectivity index (χ1v) is 10.2. The van der Waals surface area contributed by atoms with Crippen molar-refractivity contribution in [3.8, 4) is 0 Å². The van der Waals surface area contributed by atoms with E-state index in [4.69, 9.17) is 39.8 Å². The third kappa shape index (κ3) is 4.55. The van der Waals surface area contributed by atoms with Crippen molar-refractivity contribution >= 4 is 67.4 Å². The van der Waals surface area contributed by atoms with Crippen LogP contribution in [0.2, 0.25) is 15.1 Å². The van der Waals surface area contributed by atoms with Crippen LogP contribution in [-0.4, -0.2) is 43.0 Å². The number of hydrogen-bond acceptors (Lipinski definition) is 4. The van der Waals surface area contributed by atoms with E-state index in [1.807, 2.05) is 38.1 Å². The quantitative estimate of drug-likeness (QED) is 0.503. The Morgan fingerprint density at radius 2 is 1.81 bits per heavy atom. The van der Waals surface area contributed by atoms with Gasteiger partial charge in [0.1, 0.15) is 0 Å². The fourth-order valence-electron chi connectivity index (χ4n) is 2.65. The van der Waals surface area contributed by atoms with Crippen LogP contribution in [-0.2, 0) is 0 Å². The highest BCUT2D eigenvalue weighted by Crippen LogP contribution is 2.34. The van der Waals surface area contributed by atoms with Crippen LogP contribution in [0.25, 0.3) is 10.2 Å². The normalized spacial score (nSPS) is 11.4. The number of likely N-dealkylation sites (N-methyl/N-ethyl adjacent to an activating group) is 1. The Balaban J connectivity index is 2.05. The molecule has 142 valence electrons. The van der Waals surface area contributed by atoms with E-state index in [9.17, 15) is 4.79 Å². The topological polar surface area (TPSA) is 36.4 Å². The predicted molar refractivity (Wildman–Crippen MR) is 116 cm³/mol. The molecule has 4 nitrogen and oxygen atoms in total. The van der Waals surface area contributed by atoms with Gasteiger partial charge in [-0.2, -0.15) is 0 Å².